The van der Waals surface area contributed by atoms with E-state index < -0.39 is 36.7 Å². The molecule has 1 saturated heterocycles. The van der Waals surface area contributed by atoms with E-state index in [1.165, 1.54) is 20.5 Å². The number of esters is 1. The van der Waals surface area contributed by atoms with Crippen LogP contribution in [0.3, 0.4) is 0 Å². The molecule has 0 aromatic carbocycles. The zero-order valence-corrected chi connectivity index (χ0v) is 11.7. The van der Waals surface area contributed by atoms with Gasteiger partial charge in [-0.05, 0) is 12.1 Å². The van der Waals surface area contributed by atoms with Crippen LogP contribution in [0.4, 0.5) is 0 Å². The second-order valence-corrected chi connectivity index (χ2v) is 4.53. The van der Waals surface area contributed by atoms with Crippen LogP contribution in [0.2, 0.25) is 0 Å². The van der Waals surface area contributed by atoms with Crippen molar-refractivity contribution in [3.63, 3.8) is 0 Å². The largest absolute Gasteiger partial charge is 0.466 e. The van der Waals surface area contributed by atoms with Crippen molar-refractivity contribution in [3.05, 3.63) is 24.2 Å². The van der Waals surface area contributed by atoms with E-state index in [4.69, 9.17) is 23.4 Å². The fourth-order valence-electron chi connectivity index (χ4n) is 2.10. The standard InChI is InChI=1S/C13H18O8/c1-17-10-8(14)9(15)13(18-2)21-11(10)12(16)20-6-7-4-3-5-19-7/h3-5,8-11,13-15H,6H2,1-2H3/t8-,9+,10?,11?,13-/m1/s1. The Hall–Kier alpha value is -1.45. The summed E-state index contributed by atoms with van der Waals surface area (Å²) in [5.74, 6) is -0.275. The molecule has 1 aromatic rings. The Morgan fingerprint density at radius 2 is 2.05 bits per heavy atom. The number of furan rings is 1. The molecular formula is C13H18O8. The van der Waals surface area contributed by atoms with Crippen LogP contribution in [0.5, 0.6) is 0 Å². The number of methoxy groups -OCH3 is 2. The average molecular weight is 302 g/mol. The number of aliphatic hydroxyl groups excluding tert-OH is 2. The summed E-state index contributed by atoms with van der Waals surface area (Å²) in [6.45, 7) is -0.0710. The highest BCUT2D eigenvalue weighted by Gasteiger charge is 2.48. The van der Waals surface area contributed by atoms with Crippen molar-refractivity contribution in [2.24, 2.45) is 0 Å². The summed E-state index contributed by atoms with van der Waals surface area (Å²) in [5, 5.41) is 19.7. The Kier molecular flexibility index (Phi) is 5.32. The normalized spacial score (nSPS) is 32.9. The van der Waals surface area contributed by atoms with Gasteiger partial charge < -0.3 is 33.6 Å². The summed E-state index contributed by atoms with van der Waals surface area (Å²) in [7, 11) is 2.59. The highest BCUT2D eigenvalue weighted by atomic mass is 16.7. The predicted octanol–water partition coefficient (Wildman–Crippen LogP) is -0.569. The molecule has 0 bridgehead atoms. The smallest absolute Gasteiger partial charge is 0.338 e. The molecule has 1 fully saturated rings. The van der Waals surface area contributed by atoms with Crippen molar-refractivity contribution in [2.45, 2.75) is 37.3 Å². The van der Waals surface area contributed by atoms with Crippen LogP contribution in [-0.2, 0) is 30.3 Å². The Morgan fingerprint density at radius 1 is 1.29 bits per heavy atom. The zero-order chi connectivity index (χ0) is 15.4. The fraction of sp³-hybridized carbons (Fsp3) is 0.615. The van der Waals surface area contributed by atoms with Crippen LogP contribution in [0.1, 0.15) is 5.76 Å². The van der Waals surface area contributed by atoms with Gasteiger partial charge in [-0.25, -0.2) is 4.79 Å². The topological polar surface area (TPSA) is 108 Å². The van der Waals surface area contributed by atoms with E-state index in [1.54, 1.807) is 12.1 Å². The molecule has 0 spiro atoms. The van der Waals surface area contributed by atoms with Crippen LogP contribution in [0, 0.1) is 0 Å². The summed E-state index contributed by atoms with van der Waals surface area (Å²) in [6.07, 6.45) is -4.63. The van der Waals surface area contributed by atoms with Crippen LogP contribution < -0.4 is 0 Å². The number of carbonyl (C=O) groups is 1. The van der Waals surface area contributed by atoms with E-state index in [0.717, 1.165) is 0 Å². The molecule has 5 atom stereocenters. The van der Waals surface area contributed by atoms with Crippen molar-refractivity contribution < 1.29 is 38.4 Å². The first kappa shape index (κ1) is 15.9. The van der Waals surface area contributed by atoms with Gasteiger partial charge in [-0.1, -0.05) is 0 Å². The number of hydrogen-bond donors (Lipinski definition) is 2. The van der Waals surface area contributed by atoms with Gasteiger partial charge in [0, 0.05) is 14.2 Å². The van der Waals surface area contributed by atoms with Gasteiger partial charge in [0.2, 0.25) is 0 Å². The minimum absolute atomic E-state index is 0.0710. The first-order valence-corrected chi connectivity index (χ1v) is 6.34. The first-order valence-electron chi connectivity index (χ1n) is 6.34. The van der Waals surface area contributed by atoms with Crippen molar-refractivity contribution >= 4 is 5.97 Å². The van der Waals surface area contributed by atoms with E-state index >= 15 is 0 Å². The van der Waals surface area contributed by atoms with E-state index in [2.05, 4.69) is 0 Å². The maximum atomic E-state index is 12.1. The SMILES string of the molecule is COC1C(C(=O)OCc2ccco2)O[C@@H](OC)[C@@H](O)[C@H]1O. The molecule has 0 amide bonds. The van der Waals surface area contributed by atoms with Gasteiger partial charge in [0.05, 0.1) is 6.26 Å². The van der Waals surface area contributed by atoms with Crippen LogP contribution in [0.25, 0.3) is 0 Å². The number of aliphatic hydroxyl groups is 2. The molecule has 8 heteroatoms. The Balaban J connectivity index is 2.02. The van der Waals surface area contributed by atoms with Crippen molar-refractivity contribution in [1.29, 1.82) is 0 Å². The van der Waals surface area contributed by atoms with Gasteiger partial charge >= 0.3 is 5.97 Å². The van der Waals surface area contributed by atoms with Crippen LogP contribution in [-0.4, -0.2) is 61.1 Å². The first-order chi connectivity index (χ1) is 10.1. The molecule has 1 aromatic heterocycles. The van der Waals surface area contributed by atoms with Crippen molar-refractivity contribution in [1.82, 2.24) is 0 Å². The molecular weight excluding hydrogens is 284 g/mol. The van der Waals surface area contributed by atoms with Crippen molar-refractivity contribution in [3.8, 4) is 0 Å². The molecule has 21 heavy (non-hydrogen) atoms. The molecule has 0 radical (unpaired) electrons. The summed E-state index contributed by atoms with van der Waals surface area (Å²) in [4.78, 5) is 12.1. The maximum absolute atomic E-state index is 12.1. The Labute approximate surface area is 121 Å². The van der Waals surface area contributed by atoms with Crippen LogP contribution in [0.15, 0.2) is 22.8 Å². The lowest BCUT2D eigenvalue weighted by molar-refractivity contribution is -0.292. The molecule has 0 aliphatic carbocycles. The van der Waals surface area contributed by atoms with Gasteiger partial charge in [0.15, 0.2) is 12.4 Å². The average Bonchev–Trinajstić information content (AvgIpc) is 3.00. The van der Waals surface area contributed by atoms with Gasteiger partial charge in [-0.3, -0.25) is 0 Å². The number of rotatable bonds is 5. The molecule has 8 nitrogen and oxygen atoms in total. The third-order valence-corrected chi connectivity index (χ3v) is 3.22. The number of ether oxygens (including phenoxy) is 4. The third kappa shape index (κ3) is 3.42. The highest BCUT2D eigenvalue weighted by molar-refractivity contribution is 5.75. The second-order valence-electron chi connectivity index (χ2n) is 4.53. The summed E-state index contributed by atoms with van der Waals surface area (Å²) < 4.78 is 25.3. The lowest BCUT2D eigenvalue weighted by Crippen LogP contribution is -2.61. The van der Waals surface area contributed by atoms with E-state index in [9.17, 15) is 15.0 Å². The van der Waals surface area contributed by atoms with Gasteiger partial charge in [-0.2, -0.15) is 0 Å². The van der Waals surface area contributed by atoms with Crippen LogP contribution >= 0.6 is 0 Å². The minimum Gasteiger partial charge on any atom is -0.466 e. The molecule has 118 valence electrons. The monoisotopic (exact) mass is 302 g/mol. The van der Waals surface area contributed by atoms with E-state index in [1.807, 2.05) is 0 Å². The molecule has 2 unspecified atom stereocenters. The maximum Gasteiger partial charge on any atom is 0.338 e. The molecule has 0 saturated carbocycles. The molecule has 2 heterocycles. The molecule has 1 aliphatic heterocycles. The second kappa shape index (κ2) is 7.01. The number of hydrogen-bond acceptors (Lipinski definition) is 8. The fourth-order valence-corrected chi connectivity index (χ4v) is 2.10. The molecule has 1 aliphatic rings. The quantitative estimate of drug-likeness (QED) is 0.696. The summed E-state index contributed by atoms with van der Waals surface area (Å²) in [5.41, 5.74) is 0. The van der Waals surface area contributed by atoms with Crippen molar-refractivity contribution in [2.75, 3.05) is 14.2 Å². The minimum atomic E-state index is -1.34. The zero-order valence-electron chi connectivity index (χ0n) is 11.7. The lowest BCUT2D eigenvalue weighted by Gasteiger charge is -2.40. The van der Waals surface area contributed by atoms with Gasteiger partial charge in [-0.15, -0.1) is 0 Å². The third-order valence-electron chi connectivity index (χ3n) is 3.22. The molecule has 2 N–H and O–H groups in total. The predicted molar refractivity (Wildman–Crippen MR) is 67.0 cm³/mol. The van der Waals surface area contributed by atoms with Gasteiger partial charge in [0.1, 0.15) is 30.7 Å². The highest BCUT2D eigenvalue weighted by Crippen LogP contribution is 2.24. The summed E-state index contributed by atoms with van der Waals surface area (Å²) >= 11 is 0. The van der Waals surface area contributed by atoms with Gasteiger partial charge in [0.25, 0.3) is 0 Å². The Bertz CT molecular complexity index is 445. The van der Waals surface area contributed by atoms with E-state index in [-0.39, 0.29) is 6.61 Å². The molecule has 2 rings (SSSR count). The summed E-state index contributed by atoms with van der Waals surface area (Å²) in [6, 6.07) is 3.32. The Morgan fingerprint density at radius 3 is 2.62 bits per heavy atom. The lowest BCUT2D eigenvalue weighted by atomic mass is 9.98. The number of carbonyl (C=O) groups excluding carboxylic acids is 1. The van der Waals surface area contributed by atoms with E-state index in [0.29, 0.717) is 5.76 Å².